The quantitative estimate of drug-likeness (QED) is 0.791. The molecule has 0 radical (unpaired) electrons. The minimum atomic E-state index is -0.340. The average molecular weight is 388 g/mol. The van der Waals surface area contributed by atoms with Gasteiger partial charge >= 0.3 is 0 Å². The monoisotopic (exact) mass is 388 g/mol. The van der Waals surface area contributed by atoms with E-state index >= 15 is 0 Å². The van der Waals surface area contributed by atoms with E-state index in [0.717, 1.165) is 20.6 Å². The number of thiazole rings is 1. The van der Waals surface area contributed by atoms with Crippen LogP contribution in [0.25, 0.3) is 0 Å². The third-order valence-electron chi connectivity index (χ3n) is 2.65. The molecule has 0 spiro atoms. The Balaban J connectivity index is 2.22. The highest BCUT2D eigenvalue weighted by Crippen LogP contribution is 2.25. The molecule has 2 aromatic rings. The lowest BCUT2D eigenvalue weighted by Crippen LogP contribution is -2.12. The summed E-state index contributed by atoms with van der Waals surface area (Å²) in [6, 6.07) is 4.91. The van der Waals surface area contributed by atoms with E-state index in [0.29, 0.717) is 5.13 Å². The summed E-state index contributed by atoms with van der Waals surface area (Å²) in [7, 11) is 0. The molecule has 0 saturated heterocycles. The Hall–Kier alpha value is -1.15. The third-order valence-corrected chi connectivity index (χ3v) is 4.25. The van der Waals surface area contributed by atoms with Crippen molar-refractivity contribution in [3.05, 3.63) is 37.9 Å². The van der Waals surface area contributed by atoms with Crippen molar-refractivity contribution in [3.8, 4) is 5.75 Å². The molecule has 6 heteroatoms. The Morgan fingerprint density at radius 3 is 2.89 bits per heavy atom. The van der Waals surface area contributed by atoms with Crippen LogP contribution in [0.1, 0.15) is 27.9 Å². The summed E-state index contributed by atoms with van der Waals surface area (Å²) in [5, 5.41) is 13.0. The summed E-state index contributed by atoms with van der Waals surface area (Å²) in [6.07, 6.45) is 0.840. The predicted octanol–water partition coefficient (Wildman–Crippen LogP) is 3.58. The highest BCUT2D eigenvalue weighted by molar-refractivity contribution is 14.1. The Bertz CT molecular complexity index is 625. The van der Waals surface area contributed by atoms with Crippen molar-refractivity contribution in [1.82, 2.24) is 4.98 Å². The number of hydrogen-bond donors (Lipinski definition) is 2. The van der Waals surface area contributed by atoms with Gasteiger partial charge in [-0.1, -0.05) is 6.92 Å². The fraction of sp³-hybridized carbons (Fsp3) is 0.231. The van der Waals surface area contributed by atoms with Crippen molar-refractivity contribution in [3.63, 3.8) is 0 Å². The lowest BCUT2D eigenvalue weighted by atomic mass is 10.2. The van der Waals surface area contributed by atoms with E-state index in [1.165, 1.54) is 17.4 Å². The van der Waals surface area contributed by atoms with Gasteiger partial charge in [-0.25, -0.2) is 4.98 Å². The average Bonchev–Trinajstić information content (AvgIpc) is 2.72. The second-order valence-corrected chi connectivity index (χ2v) is 6.44. The zero-order valence-electron chi connectivity index (χ0n) is 10.5. The Morgan fingerprint density at radius 2 is 2.26 bits per heavy atom. The number of rotatable bonds is 3. The first-order valence-electron chi connectivity index (χ1n) is 5.77. The predicted molar refractivity (Wildman–Crippen MR) is 85.0 cm³/mol. The van der Waals surface area contributed by atoms with Crippen LogP contribution in [0.15, 0.2) is 18.2 Å². The number of carbonyl (C=O) groups is 1. The molecular weight excluding hydrogens is 375 g/mol. The van der Waals surface area contributed by atoms with E-state index in [-0.39, 0.29) is 17.2 Å². The summed E-state index contributed by atoms with van der Waals surface area (Å²) < 4.78 is 0.894. The molecule has 1 heterocycles. The van der Waals surface area contributed by atoms with Crippen LogP contribution in [-0.4, -0.2) is 16.0 Å². The number of amides is 1. The topological polar surface area (TPSA) is 62.2 Å². The first kappa shape index (κ1) is 14.3. The molecule has 100 valence electrons. The van der Waals surface area contributed by atoms with Crippen molar-refractivity contribution >= 4 is 45.0 Å². The largest absolute Gasteiger partial charge is 0.507 e. The molecule has 0 atom stereocenters. The molecule has 0 saturated carbocycles. The van der Waals surface area contributed by atoms with Crippen LogP contribution in [0, 0.1) is 10.5 Å². The highest BCUT2D eigenvalue weighted by atomic mass is 127. The molecule has 2 N–H and O–H groups in total. The van der Waals surface area contributed by atoms with Crippen LogP contribution in [0.5, 0.6) is 5.75 Å². The van der Waals surface area contributed by atoms with E-state index in [4.69, 9.17) is 0 Å². The standard InChI is InChI=1S/C13H13IN2O2S/c1-3-10-7(2)19-13(15-10)16-12(18)9-6-8(14)4-5-11(9)17/h4-6,17H,3H2,1-2H3,(H,15,16,18). The number of hydrogen-bond acceptors (Lipinski definition) is 4. The Labute approximate surface area is 129 Å². The zero-order chi connectivity index (χ0) is 14.0. The molecule has 1 aromatic carbocycles. The number of halogens is 1. The maximum atomic E-state index is 12.1. The van der Waals surface area contributed by atoms with Crippen molar-refractivity contribution in [1.29, 1.82) is 0 Å². The van der Waals surface area contributed by atoms with Crippen LogP contribution in [0.4, 0.5) is 5.13 Å². The second kappa shape index (κ2) is 5.87. The molecule has 1 amide bonds. The van der Waals surface area contributed by atoms with Crippen molar-refractivity contribution in [2.45, 2.75) is 20.3 Å². The van der Waals surface area contributed by atoms with Gasteiger partial charge < -0.3 is 5.11 Å². The number of carbonyl (C=O) groups excluding carboxylic acids is 1. The summed E-state index contributed by atoms with van der Waals surface area (Å²) in [6.45, 7) is 4.01. The minimum absolute atomic E-state index is 0.0260. The van der Waals surface area contributed by atoms with E-state index in [2.05, 4.69) is 32.9 Å². The van der Waals surface area contributed by atoms with Gasteiger partial charge in [-0.15, -0.1) is 11.3 Å². The van der Waals surface area contributed by atoms with Crippen LogP contribution < -0.4 is 5.32 Å². The molecule has 0 fully saturated rings. The zero-order valence-corrected chi connectivity index (χ0v) is 13.5. The molecule has 1 aromatic heterocycles. The number of benzene rings is 1. The summed E-state index contributed by atoms with van der Waals surface area (Å²) in [4.78, 5) is 17.5. The minimum Gasteiger partial charge on any atom is -0.507 e. The van der Waals surface area contributed by atoms with Gasteiger partial charge in [0, 0.05) is 8.45 Å². The smallest absolute Gasteiger partial charge is 0.261 e. The van der Waals surface area contributed by atoms with Crippen LogP contribution in [-0.2, 0) is 6.42 Å². The van der Waals surface area contributed by atoms with Crippen molar-refractivity contribution in [2.24, 2.45) is 0 Å². The number of nitrogens with one attached hydrogen (secondary N) is 1. The molecule has 2 rings (SSSR count). The number of aromatic hydroxyl groups is 1. The fourth-order valence-electron chi connectivity index (χ4n) is 1.66. The van der Waals surface area contributed by atoms with Gasteiger partial charge in [0.05, 0.1) is 11.3 Å². The van der Waals surface area contributed by atoms with Gasteiger partial charge in [0.2, 0.25) is 0 Å². The first-order chi connectivity index (χ1) is 9.01. The van der Waals surface area contributed by atoms with Gasteiger partial charge in [-0.3, -0.25) is 10.1 Å². The second-order valence-electron chi connectivity index (χ2n) is 3.99. The SMILES string of the molecule is CCc1nc(NC(=O)c2cc(I)ccc2O)sc1C. The van der Waals surface area contributed by atoms with Crippen LogP contribution in [0.2, 0.25) is 0 Å². The molecular formula is C13H13IN2O2S. The van der Waals surface area contributed by atoms with E-state index in [1.807, 2.05) is 13.8 Å². The molecule has 4 nitrogen and oxygen atoms in total. The van der Waals surface area contributed by atoms with Gasteiger partial charge in [-0.05, 0) is 54.1 Å². The lowest BCUT2D eigenvalue weighted by molar-refractivity contribution is 0.102. The number of nitrogens with zero attached hydrogens (tertiary/aromatic N) is 1. The molecule has 0 bridgehead atoms. The number of aryl methyl sites for hydroxylation is 2. The first-order valence-corrected chi connectivity index (χ1v) is 7.67. The maximum absolute atomic E-state index is 12.1. The molecule has 0 aliphatic heterocycles. The Kier molecular flexibility index (Phi) is 4.41. The number of phenolic OH excluding ortho intramolecular Hbond substituents is 1. The maximum Gasteiger partial charge on any atom is 0.261 e. The summed E-state index contributed by atoms with van der Waals surface area (Å²) >= 11 is 3.54. The van der Waals surface area contributed by atoms with Gasteiger partial charge in [0.25, 0.3) is 5.91 Å². The van der Waals surface area contributed by atoms with E-state index < -0.39 is 0 Å². The summed E-state index contributed by atoms with van der Waals surface area (Å²) in [5.41, 5.74) is 1.25. The third kappa shape index (κ3) is 3.24. The fourth-order valence-corrected chi connectivity index (χ4v) is 3.05. The normalized spacial score (nSPS) is 10.5. The van der Waals surface area contributed by atoms with Crippen molar-refractivity contribution < 1.29 is 9.90 Å². The number of aromatic nitrogens is 1. The lowest BCUT2D eigenvalue weighted by Gasteiger charge is -2.04. The van der Waals surface area contributed by atoms with Crippen LogP contribution >= 0.6 is 33.9 Å². The molecule has 19 heavy (non-hydrogen) atoms. The molecule has 0 aliphatic rings. The summed E-state index contributed by atoms with van der Waals surface area (Å²) in [5.74, 6) is -0.366. The molecule has 0 aliphatic carbocycles. The molecule has 0 unspecified atom stereocenters. The number of anilines is 1. The van der Waals surface area contributed by atoms with E-state index in [1.54, 1.807) is 12.1 Å². The van der Waals surface area contributed by atoms with Gasteiger partial charge in [-0.2, -0.15) is 0 Å². The van der Waals surface area contributed by atoms with Gasteiger partial charge in [0.1, 0.15) is 5.75 Å². The highest BCUT2D eigenvalue weighted by Gasteiger charge is 2.14. The Morgan fingerprint density at radius 1 is 1.53 bits per heavy atom. The van der Waals surface area contributed by atoms with E-state index in [9.17, 15) is 9.90 Å². The van der Waals surface area contributed by atoms with Crippen LogP contribution in [0.3, 0.4) is 0 Å². The van der Waals surface area contributed by atoms with Gasteiger partial charge in [0.15, 0.2) is 5.13 Å². The number of phenols is 1. The van der Waals surface area contributed by atoms with Crippen molar-refractivity contribution in [2.75, 3.05) is 5.32 Å².